The molecule has 0 spiro atoms. The molecule has 11 nitrogen and oxygen atoms in total. The van der Waals surface area contributed by atoms with Crippen LogP contribution in [0.3, 0.4) is 0 Å². The molecule has 12 heteroatoms. The monoisotopic (exact) mass is 418 g/mol. The lowest BCUT2D eigenvalue weighted by atomic mass is 10.2. The first-order valence-electron chi connectivity index (χ1n) is 9.37. The molecule has 0 unspecified atom stereocenters. The predicted molar refractivity (Wildman–Crippen MR) is 108 cm³/mol. The minimum absolute atomic E-state index is 0.0753. The van der Waals surface area contributed by atoms with Crippen molar-refractivity contribution in [1.82, 2.24) is 30.7 Å². The number of aromatic nitrogens is 5. The average molecular weight is 419 g/mol. The summed E-state index contributed by atoms with van der Waals surface area (Å²) in [6.45, 7) is 6.67. The topological polar surface area (TPSA) is 142 Å². The number of anilines is 1. The highest BCUT2D eigenvalue weighted by atomic mass is 32.1. The van der Waals surface area contributed by atoms with Gasteiger partial charge in [-0.25, -0.2) is 10.1 Å². The van der Waals surface area contributed by atoms with Crippen LogP contribution in [0.15, 0.2) is 27.2 Å². The van der Waals surface area contributed by atoms with Crippen molar-refractivity contribution in [2.45, 2.75) is 33.2 Å². The van der Waals surface area contributed by atoms with Gasteiger partial charge in [-0.1, -0.05) is 25.1 Å². The summed E-state index contributed by atoms with van der Waals surface area (Å²) in [5, 5.41) is 21.4. The molecular weight excluding hydrogens is 394 g/mol. The number of quaternary nitrogens is 1. The van der Waals surface area contributed by atoms with Gasteiger partial charge < -0.3 is 10.6 Å². The second-order valence-corrected chi connectivity index (χ2v) is 7.39. The van der Waals surface area contributed by atoms with Crippen molar-refractivity contribution in [3.63, 3.8) is 0 Å². The van der Waals surface area contributed by atoms with Crippen molar-refractivity contribution in [1.29, 1.82) is 0 Å². The fraction of sp³-hybridized carbons (Fsp3) is 0.412. The summed E-state index contributed by atoms with van der Waals surface area (Å²) in [4.78, 5) is 14.9. The van der Waals surface area contributed by atoms with Crippen molar-refractivity contribution in [3.05, 3.63) is 33.8 Å². The molecule has 3 heterocycles. The van der Waals surface area contributed by atoms with Gasteiger partial charge in [0.05, 0.1) is 19.3 Å². The molecule has 0 bridgehead atoms. The van der Waals surface area contributed by atoms with Gasteiger partial charge in [0, 0.05) is 4.88 Å². The first kappa shape index (κ1) is 20.6. The van der Waals surface area contributed by atoms with Crippen LogP contribution in [0.25, 0.3) is 5.82 Å². The number of nitrogens with one attached hydrogen (secondary N) is 2. The van der Waals surface area contributed by atoms with Gasteiger partial charge in [0.15, 0.2) is 5.69 Å². The van der Waals surface area contributed by atoms with E-state index in [2.05, 4.69) is 49.6 Å². The Balaban J connectivity index is 1.88. The van der Waals surface area contributed by atoms with Gasteiger partial charge in [0.2, 0.25) is 11.6 Å². The van der Waals surface area contributed by atoms with Crippen molar-refractivity contribution < 1.29 is 14.3 Å². The molecule has 0 saturated carbocycles. The third-order valence-electron chi connectivity index (χ3n) is 4.20. The van der Waals surface area contributed by atoms with E-state index in [1.807, 2.05) is 17.5 Å². The zero-order valence-electron chi connectivity index (χ0n) is 16.3. The number of hydrogen-bond donors (Lipinski definition) is 3. The maximum atomic E-state index is 12.7. The SMILES string of the molecule is CCC[NH+](CCC)Cc1c(C(=O)NN=Cc2cccs2)nnn1-c1nonc1N. The molecule has 3 aromatic heterocycles. The number of hydrogen-bond acceptors (Lipinski definition) is 9. The van der Waals surface area contributed by atoms with E-state index in [-0.39, 0.29) is 17.3 Å². The van der Waals surface area contributed by atoms with Crippen LogP contribution in [-0.2, 0) is 6.54 Å². The van der Waals surface area contributed by atoms with Crippen LogP contribution in [0, 0.1) is 0 Å². The van der Waals surface area contributed by atoms with E-state index in [9.17, 15) is 4.79 Å². The zero-order chi connectivity index (χ0) is 20.6. The van der Waals surface area contributed by atoms with Crippen LogP contribution in [0.1, 0.15) is 47.7 Å². The molecule has 1 amide bonds. The van der Waals surface area contributed by atoms with E-state index in [1.54, 1.807) is 6.21 Å². The highest BCUT2D eigenvalue weighted by Gasteiger charge is 2.26. The Bertz CT molecular complexity index is 942. The average Bonchev–Trinajstić information content (AvgIpc) is 3.43. The van der Waals surface area contributed by atoms with Gasteiger partial charge in [-0.15, -0.1) is 16.4 Å². The Kier molecular flexibility index (Phi) is 7.03. The van der Waals surface area contributed by atoms with E-state index in [1.165, 1.54) is 20.9 Å². The highest BCUT2D eigenvalue weighted by molar-refractivity contribution is 7.11. The lowest BCUT2D eigenvalue weighted by Crippen LogP contribution is -3.10. The van der Waals surface area contributed by atoms with Gasteiger partial charge in [-0.05, 0) is 34.6 Å². The van der Waals surface area contributed by atoms with Crippen LogP contribution in [-0.4, -0.2) is 50.5 Å². The zero-order valence-corrected chi connectivity index (χ0v) is 17.1. The van der Waals surface area contributed by atoms with Gasteiger partial charge in [-0.3, -0.25) is 4.79 Å². The van der Waals surface area contributed by atoms with Gasteiger partial charge >= 0.3 is 0 Å². The summed E-state index contributed by atoms with van der Waals surface area (Å²) in [5.74, 6) is -0.172. The van der Waals surface area contributed by atoms with Crippen LogP contribution in [0.5, 0.6) is 0 Å². The molecule has 0 radical (unpaired) electrons. The third kappa shape index (κ3) is 5.03. The third-order valence-corrected chi connectivity index (χ3v) is 5.01. The molecule has 3 aromatic rings. The van der Waals surface area contributed by atoms with Crippen molar-refractivity contribution >= 4 is 29.3 Å². The maximum Gasteiger partial charge on any atom is 0.294 e. The Morgan fingerprint density at radius 1 is 1.38 bits per heavy atom. The lowest BCUT2D eigenvalue weighted by Gasteiger charge is -2.18. The minimum Gasteiger partial charge on any atom is -0.378 e. The smallest absolute Gasteiger partial charge is 0.294 e. The van der Waals surface area contributed by atoms with Gasteiger partial charge in [-0.2, -0.15) is 9.78 Å². The molecule has 0 aliphatic rings. The first-order valence-corrected chi connectivity index (χ1v) is 10.2. The lowest BCUT2D eigenvalue weighted by molar-refractivity contribution is -0.914. The molecule has 3 rings (SSSR count). The number of rotatable bonds is 10. The second kappa shape index (κ2) is 9.89. The number of amides is 1. The highest BCUT2D eigenvalue weighted by Crippen LogP contribution is 2.15. The summed E-state index contributed by atoms with van der Waals surface area (Å²) in [6.07, 6.45) is 3.60. The summed E-state index contributed by atoms with van der Waals surface area (Å²) in [5.41, 5.74) is 9.08. The molecule has 0 atom stereocenters. The fourth-order valence-corrected chi connectivity index (χ4v) is 3.55. The van der Waals surface area contributed by atoms with E-state index in [4.69, 9.17) is 5.73 Å². The minimum atomic E-state index is -0.457. The number of nitrogen functional groups attached to an aromatic ring is 1. The van der Waals surface area contributed by atoms with E-state index in [0.29, 0.717) is 12.2 Å². The van der Waals surface area contributed by atoms with Crippen molar-refractivity contribution in [3.8, 4) is 5.82 Å². The number of hydrazone groups is 1. The van der Waals surface area contributed by atoms with E-state index >= 15 is 0 Å². The Labute approximate surface area is 171 Å². The Morgan fingerprint density at radius 3 is 2.79 bits per heavy atom. The number of nitrogens with zero attached hydrogens (tertiary/aromatic N) is 6. The van der Waals surface area contributed by atoms with Gasteiger partial charge in [0.25, 0.3) is 5.91 Å². The fourth-order valence-electron chi connectivity index (χ4n) is 2.96. The molecule has 0 aliphatic heterocycles. The van der Waals surface area contributed by atoms with Crippen molar-refractivity contribution in [2.75, 3.05) is 18.8 Å². The molecule has 0 fully saturated rings. The standard InChI is InChI=1S/C17H23N9O2S/c1-3-7-25(8-4-2)11-13-14(17(27)21-19-10-12-6-5-9-29-12)20-24-26(13)16-15(18)22-28-23-16/h5-6,9-10H,3-4,7-8,11H2,1-2H3,(H2,18,22)(H,21,27)/p+1. The van der Waals surface area contributed by atoms with Crippen LogP contribution < -0.4 is 16.1 Å². The molecule has 0 aromatic carbocycles. The molecule has 4 N–H and O–H groups in total. The summed E-state index contributed by atoms with van der Waals surface area (Å²) in [7, 11) is 0. The number of carbonyl (C=O) groups excluding carboxylic acids is 1. The quantitative estimate of drug-likeness (QED) is 0.317. The summed E-state index contributed by atoms with van der Waals surface area (Å²) in [6, 6.07) is 3.81. The summed E-state index contributed by atoms with van der Waals surface area (Å²) >= 11 is 1.52. The van der Waals surface area contributed by atoms with Crippen LogP contribution >= 0.6 is 11.3 Å². The predicted octanol–water partition coefficient (Wildman–Crippen LogP) is 0.263. The Hall–Kier alpha value is -3.12. The number of thiophene rings is 1. The normalized spacial score (nSPS) is 11.6. The first-order chi connectivity index (χ1) is 14.1. The largest absolute Gasteiger partial charge is 0.378 e. The Morgan fingerprint density at radius 2 is 2.17 bits per heavy atom. The molecule has 29 heavy (non-hydrogen) atoms. The van der Waals surface area contributed by atoms with Gasteiger partial charge in [0.1, 0.15) is 12.2 Å². The van der Waals surface area contributed by atoms with Crippen LogP contribution in [0.4, 0.5) is 5.82 Å². The van der Waals surface area contributed by atoms with E-state index < -0.39 is 5.91 Å². The van der Waals surface area contributed by atoms with E-state index in [0.717, 1.165) is 30.8 Å². The molecular formula is C17H24N9O2S+. The number of nitrogens with two attached hydrogens (primary N) is 1. The summed E-state index contributed by atoms with van der Waals surface area (Å²) < 4.78 is 6.10. The van der Waals surface area contributed by atoms with Crippen LogP contribution in [0.2, 0.25) is 0 Å². The molecule has 154 valence electrons. The number of carbonyl (C=O) groups is 1. The van der Waals surface area contributed by atoms with Crippen molar-refractivity contribution in [2.24, 2.45) is 5.10 Å². The molecule has 0 aliphatic carbocycles. The molecule has 0 saturated heterocycles. The second-order valence-electron chi connectivity index (χ2n) is 6.41. The maximum absolute atomic E-state index is 12.7.